The summed E-state index contributed by atoms with van der Waals surface area (Å²) in [6.45, 7) is 2.01. The Kier molecular flexibility index (Phi) is 4.77. The quantitative estimate of drug-likeness (QED) is 0.671. The molecule has 100 valence electrons. The zero-order valence-electron chi connectivity index (χ0n) is 10.5. The maximum Gasteiger partial charge on any atom is 0.0675 e. The summed E-state index contributed by atoms with van der Waals surface area (Å²) in [7, 11) is 0. The van der Waals surface area contributed by atoms with E-state index in [0.717, 1.165) is 16.8 Å². The molecule has 0 saturated heterocycles. The summed E-state index contributed by atoms with van der Waals surface area (Å²) in [5.74, 6) is 5.64. The second-order valence-corrected chi connectivity index (χ2v) is 5.21. The first-order valence-corrected chi connectivity index (χ1v) is 6.69. The molecule has 0 bridgehead atoms. The van der Waals surface area contributed by atoms with Crippen LogP contribution in [0.3, 0.4) is 0 Å². The van der Waals surface area contributed by atoms with Crippen molar-refractivity contribution in [2.45, 2.75) is 19.4 Å². The van der Waals surface area contributed by atoms with Gasteiger partial charge < -0.3 is 0 Å². The summed E-state index contributed by atoms with van der Waals surface area (Å²) in [5.41, 5.74) is 5.74. The number of hydrogen-bond acceptors (Lipinski definition) is 3. The minimum Gasteiger partial charge on any atom is -0.271 e. The minimum atomic E-state index is -0.0998. The van der Waals surface area contributed by atoms with Crippen LogP contribution in [0.1, 0.15) is 22.9 Å². The third-order valence-electron chi connectivity index (χ3n) is 3.01. The van der Waals surface area contributed by atoms with Crippen LogP contribution < -0.4 is 11.3 Å². The molecule has 0 aliphatic rings. The Morgan fingerprint density at radius 1 is 1.32 bits per heavy atom. The SMILES string of the molecule is Cc1cccnc1C(Cc1cc(Cl)ccc1Cl)NN. The van der Waals surface area contributed by atoms with Gasteiger partial charge >= 0.3 is 0 Å². The predicted octanol–water partition coefficient (Wildman–Crippen LogP) is 3.44. The lowest BCUT2D eigenvalue weighted by molar-refractivity contribution is 0.535. The van der Waals surface area contributed by atoms with Crippen LogP contribution in [0, 0.1) is 6.92 Å². The van der Waals surface area contributed by atoms with Crippen molar-refractivity contribution in [2.24, 2.45) is 5.84 Å². The zero-order chi connectivity index (χ0) is 13.8. The number of hydrazine groups is 1. The number of hydrogen-bond donors (Lipinski definition) is 2. The maximum absolute atomic E-state index is 6.18. The average molecular weight is 296 g/mol. The third kappa shape index (κ3) is 3.45. The first-order chi connectivity index (χ1) is 9.11. The van der Waals surface area contributed by atoms with Gasteiger partial charge in [-0.1, -0.05) is 29.3 Å². The van der Waals surface area contributed by atoms with Crippen LogP contribution in [0.2, 0.25) is 10.0 Å². The summed E-state index contributed by atoms with van der Waals surface area (Å²) in [5, 5.41) is 1.34. The maximum atomic E-state index is 6.18. The molecule has 0 aliphatic carbocycles. The van der Waals surface area contributed by atoms with E-state index in [1.54, 1.807) is 18.3 Å². The largest absolute Gasteiger partial charge is 0.271 e. The molecule has 0 saturated carbocycles. The van der Waals surface area contributed by atoms with Gasteiger partial charge in [-0.05, 0) is 48.7 Å². The van der Waals surface area contributed by atoms with Crippen molar-refractivity contribution in [1.29, 1.82) is 0 Å². The topological polar surface area (TPSA) is 50.9 Å². The van der Waals surface area contributed by atoms with Gasteiger partial charge in [0, 0.05) is 16.2 Å². The smallest absolute Gasteiger partial charge is 0.0675 e. The number of halogens is 2. The lowest BCUT2D eigenvalue weighted by Crippen LogP contribution is -2.30. The van der Waals surface area contributed by atoms with Gasteiger partial charge in [0.25, 0.3) is 0 Å². The zero-order valence-corrected chi connectivity index (χ0v) is 12.0. The molecule has 1 aromatic carbocycles. The van der Waals surface area contributed by atoms with Gasteiger partial charge in [0.15, 0.2) is 0 Å². The lowest BCUT2D eigenvalue weighted by Gasteiger charge is -2.18. The van der Waals surface area contributed by atoms with Gasteiger partial charge in [0.2, 0.25) is 0 Å². The second-order valence-electron chi connectivity index (χ2n) is 4.36. The van der Waals surface area contributed by atoms with Crippen LogP contribution in [0.25, 0.3) is 0 Å². The molecule has 2 aromatic rings. The van der Waals surface area contributed by atoms with E-state index in [2.05, 4.69) is 10.4 Å². The van der Waals surface area contributed by atoms with Crippen molar-refractivity contribution in [2.75, 3.05) is 0 Å². The van der Waals surface area contributed by atoms with Gasteiger partial charge in [-0.15, -0.1) is 0 Å². The molecule has 0 amide bonds. The fraction of sp³-hybridized carbons (Fsp3) is 0.214. The molecule has 0 aliphatic heterocycles. The van der Waals surface area contributed by atoms with E-state index in [0.29, 0.717) is 16.5 Å². The van der Waals surface area contributed by atoms with Crippen LogP contribution in [-0.4, -0.2) is 4.98 Å². The summed E-state index contributed by atoms with van der Waals surface area (Å²) < 4.78 is 0. The fourth-order valence-corrected chi connectivity index (χ4v) is 2.41. The highest BCUT2D eigenvalue weighted by atomic mass is 35.5. The number of nitrogens with zero attached hydrogens (tertiary/aromatic N) is 1. The molecule has 5 heteroatoms. The molecule has 0 fully saturated rings. The highest BCUT2D eigenvalue weighted by molar-refractivity contribution is 6.33. The van der Waals surface area contributed by atoms with Crippen LogP contribution >= 0.6 is 23.2 Å². The van der Waals surface area contributed by atoms with Crippen molar-refractivity contribution >= 4 is 23.2 Å². The van der Waals surface area contributed by atoms with E-state index in [-0.39, 0.29) is 6.04 Å². The molecule has 0 radical (unpaired) electrons. The van der Waals surface area contributed by atoms with Crippen molar-refractivity contribution < 1.29 is 0 Å². The van der Waals surface area contributed by atoms with E-state index in [1.165, 1.54) is 0 Å². The molecular formula is C14H15Cl2N3. The van der Waals surface area contributed by atoms with Gasteiger partial charge in [-0.3, -0.25) is 16.3 Å². The van der Waals surface area contributed by atoms with Crippen LogP contribution in [0.4, 0.5) is 0 Å². The van der Waals surface area contributed by atoms with E-state index in [1.807, 2.05) is 25.1 Å². The molecular weight excluding hydrogens is 281 g/mol. The molecule has 1 aromatic heterocycles. The molecule has 3 N–H and O–H groups in total. The number of aryl methyl sites for hydroxylation is 1. The molecule has 3 nitrogen and oxygen atoms in total. The lowest BCUT2D eigenvalue weighted by atomic mass is 10.0. The molecule has 19 heavy (non-hydrogen) atoms. The Morgan fingerprint density at radius 3 is 2.79 bits per heavy atom. The Hall–Kier alpha value is -1.13. The van der Waals surface area contributed by atoms with Gasteiger partial charge in [-0.25, -0.2) is 0 Å². The second kappa shape index (κ2) is 6.35. The summed E-state index contributed by atoms with van der Waals surface area (Å²) >= 11 is 12.2. The first-order valence-electron chi connectivity index (χ1n) is 5.93. The van der Waals surface area contributed by atoms with Gasteiger partial charge in [-0.2, -0.15) is 0 Å². The highest BCUT2D eigenvalue weighted by Crippen LogP contribution is 2.26. The Labute approximate surface area is 122 Å². The summed E-state index contributed by atoms with van der Waals surface area (Å²) in [4.78, 5) is 4.38. The molecule has 1 atom stereocenters. The molecule has 0 spiro atoms. The van der Waals surface area contributed by atoms with E-state index < -0.39 is 0 Å². The third-order valence-corrected chi connectivity index (χ3v) is 3.62. The number of rotatable bonds is 4. The molecule has 1 heterocycles. The first kappa shape index (κ1) is 14.3. The Balaban J connectivity index is 2.29. The highest BCUT2D eigenvalue weighted by Gasteiger charge is 2.16. The Morgan fingerprint density at radius 2 is 2.11 bits per heavy atom. The number of nitrogens with one attached hydrogen (secondary N) is 1. The van der Waals surface area contributed by atoms with Crippen molar-refractivity contribution in [3.8, 4) is 0 Å². The minimum absolute atomic E-state index is 0.0998. The fourth-order valence-electron chi connectivity index (χ4n) is 2.02. The summed E-state index contributed by atoms with van der Waals surface area (Å²) in [6.07, 6.45) is 2.39. The molecule has 1 unspecified atom stereocenters. The monoisotopic (exact) mass is 295 g/mol. The van der Waals surface area contributed by atoms with Crippen LogP contribution in [-0.2, 0) is 6.42 Å². The van der Waals surface area contributed by atoms with E-state index in [4.69, 9.17) is 29.0 Å². The van der Waals surface area contributed by atoms with Crippen molar-refractivity contribution in [3.63, 3.8) is 0 Å². The average Bonchev–Trinajstić information content (AvgIpc) is 2.41. The van der Waals surface area contributed by atoms with Crippen molar-refractivity contribution in [3.05, 3.63) is 63.4 Å². The number of nitrogens with two attached hydrogens (primary N) is 1. The number of pyridine rings is 1. The van der Waals surface area contributed by atoms with Gasteiger partial charge in [0.1, 0.15) is 0 Å². The van der Waals surface area contributed by atoms with Crippen LogP contribution in [0.5, 0.6) is 0 Å². The number of benzene rings is 1. The van der Waals surface area contributed by atoms with E-state index in [9.17, 15) is 0 Å². The van der Waals surface area contributed by atoms with Gasteiger partial charge in [0.05, 0.1) is 11.7 Å². The van der Waals surface area contributed by atoms with Crippen LogP contribution in [0.15, 0.2) is 36.5 Å². The normalized spacial score (nSPS) is 12.4. The number of aromatic nitrogens is 1. The summed E-state index contributed by atoms with van der Waals surface area (Å²) in [6, 6.07) is 9.22. The Bertz CT molecular complexity index is 572. The van der Waals surface area contributed by atoms with Crippen molar-refractivity contribution in [1.82, 2.24) is 10.4 Å². The standard InChI is InChI=1S/C14H15Cl2N3/c1-9-3-2-6-18-14(9)13(19-17)8-10-7-11(15)4-5-12(10)16/h2-7,13,19H,8,17H2,1H3. The predicted molar refractivity (Wildman–Crippen MR) is 79.2 cm³/mol. The van der Waals surface area contributed by atoms with E-state index >= 15 is 0 Å². The molecule has 2 rings (SSSR count).